The van der Waals surface area contributed by atoms with Crippen molar-refractivity contribution in [2.75, 3.05) is 0 Å². The van der Waals surface area contributed by atoms with E-state index in [9.17, 15) is 8.42 Å². The monoisotopic (exact) mass is 301 g/mol. The summed E-state index contributed by atoms with van der Waals surface area (Å²) in [5.74, 6) is 0. The zero-order valence-electron chi connectivity index (χ0n) is 12.9. The minimum atomic E-state index is -3.67. The van der Waals surface area contributed by atoms with Gasteiger partial charge in [0, 0.05) is 6.54 Å². The highest BCUT2D eigenvalue weighted by molar-refractivity contribution is 7.89. The van der Waals surface area contributed by atoms with Crippen molar-refractivity contribution in [3.05, 3.63) is 11.4 Å². The quantitative estimate of drug-likeness (QED) is 0.712. The van der Waals surface area contributed by atoms with Crippen molar-refractivity contribution in [2.45, 2.75) is 77.2 Å². The maximum absolute atomic E-state index is 11.5. The molecule has 0 amide bonds. The molecule has 2 N–H and O–H groups in total. The van der Waals surface area contributed by atoms with Crippen molar-refractivity contribution in [3.8, 4) is 0 Å². The Bertz CT molecular complexity index is 521. The Morgan fingerprint density at radius 1 is 1.05 bits per heavy atom. The lowest BCUT2D eigenvalue weighted by molar-refractivity contribution is 0.513. The Morgan fingerprint density at radius 3 is 2.10 bits per heavy atom. The van der Waals surface area contributed by atoms with E-state index in [4.69, 9.17) is 5.14 Å². The number of primary sulfonamides is 1. The first-order valence-electron chi connectivity index (χ1n) is 7.44. The van der Waals surface area contributed by atoms with Crippen LogP contribution in [0.2, 0.25) is 0 Å². The fourth-order valence-corrected chi connectivity index (χ4v) is 3.50. The van der Waals surface area contributed by atoms with Crippen LogP contribution < -0.4 is 5.14 Å². The van der Waals surface area contributed by atoms with Crippen LogP contribution in [0.1, 0.15) is 63.3 Å². The summed E-state index contributed by atoms with van der Waals surface area (Å²) < 4.78 is 24.7. The fourth-order valence-electron chi connectivity index (χ4n) is 2.53. The zero-order valence-corrected chi connectivity index (χ0v) is 13.7. The molecular weight excluding hydrogens is 274 g/mol. The van der Waals surface area contributed by atoms with E-state index in [0.29, 0.717) is 11.4 Å². The van der Waals surface area contributed by atoms with Gasteiger partial charge in [0.05, 0.1) is 11.4 Å². The Kier molecular flexibility index (Phi) is 6.68. The lowest BCUT2D eigenvalue weighted by Gasteiger charge is -2.05. The van der Waals surface area contributed by atoms with E-state index in [1.807, 2.05) is 0 Å². The summed E-state index contributed by atoms with van der Waals surface area (Å²) in [5.41, 5.74) is 1.14. The third-order valence-electron chi connectivity index (χ3n) is 3.57. The number of aromatic nitrogens is 2. The number of hydrogen-bond acceptors (Lipinski definition) is 3. The van der Waals surface area contributed by atoms with Crippen LogP contribution in [-0.2, 0) is 16.6 Å². The first kappa shape index (κ1) is 17.2. The van der Waals surface area contributed by atoms with Gasteiger partial charge in [-0.1, -0.05) is 45.4 Å². The van der Waals surface area contributed by atoms with E-state index >= 15 is 0 Å². The van der Waals surface area contributed by atoms with E-state index in [2.05, 4.69) is 12.0 Å². The molecule has 0 saturated heterocycles. The van der Waals surface area contributed by atoms with E-state index < -0.39 is 10.0 Å². The van der Waals surface area contributed by atoms with Gasteiger partial charge in [-0.05, 0) is 20.3 Å². The number of unbranched alkanes of at least 4 members (excludes halogenated alkanes) is 6. The summed E-state index contributed by atoms with van der Waals surface area (Å²) in [6.45, 7) is 6.43. The van der Waals surface area contributed by atoms with E-state index in [0.717, 1.165) is 19.4 Å². The van der Waals surface area contributed by atoms with Crippen molar-refractivity contribution >= 4 is 10.0 Å². The van der Waals surface area contributed by atoms with Crippen molar-refractivity contribution < 1.29 is 8.42 Å². The molecule has 0 aliphatic heterocycles. The summed E-state index contributed by atoms with van der Waals surface area (Å²) in [7, 11) is -3.67. The van der Waals surface area contributed by atoms with Crippen molar-refractivity contribution in [2.24, 2.45) is 5.14 Å². The van der Waals surface area contributed by atoms with Crippen molar-refractivity contribution in [3.63, 3.8) is 0 Å². The van der Waals surface area contributed by atoms with Crippen LogP contribution in [0.5, 0.6) is 0 Å². The molecule has 20 heavy (non-hydrogen) atoms. The van der Waals surface area contributed by atoms with Gasteiger partial charge in [-0.15, -0.1) is 0 Å². The van der Waals surface area contributed by atoms with Gasteiger partial charge in [0.15, 0.2) is 0 Å². The van der Waals surface area contributed by atoms with E-state index in [1.165, 1.54) is 32.1 Å². The molecule has 0 fully saturated rings. The van der Waals surface area contributed by atoms with Gasteiger partial charge >= 0.3 is 0 Å². The Labute approximate surface area is 122 Å². The van der Waals surface area contributed by atoms with Crippen LogP contribution in [0.25, 0.3) is 0 Å². The molecule has 1 rings (SSSR count). The van der Waals surface area contributed by atoms with Crippen LogP contribution in [0, 0.1) is 13.8 Å². The summed E-state index contributed by atoms with van der Waals surface area (Å²) in [6, 6.07) is 0. The van der Waals surface area contributed by atoms with E-state index in [-0.39, 0.29) is 4.90 Å². The van der Waals surface area contributed by atoms with Crippen LogP contribution in [0.3, 0.4) is 0 Å². The van der Waals surface area contributed by atoms with E-state index in [1.54, 1.807) is 18.5 Å². The molecule has 116 valence electrons. The molecule has 0 aliphatic rings. The van der Waals surface area contributed by atoms with Crippen molar-refractivity contribution in [1.29, 1.82) is 0 Å². The largest absolute Gasteiger partial charge is 0.268 e. The second-order valence-electron chi connectivity index (χ2n) is 5.39. The maximum atomic E-state index is 11.5. The number of sulfonamides is 1. The highest BCUT2D eigenvalue weighted by atomic mass is 32.2. The molecule has 6 heteroatoms. The molecule has 1 aromatic rings. The summed E-state index contributed by atoms with van der Waals surface area (Å²) >= 11 is 0. The lowest BCUT2D eigenvalue weighted by atomic mass is 10.1. The molecule has 0 aromatic carbocycles. The molecule has 0 bridgehead atoms. The lowest BCUT2D eigenvalue weighted by Crippen LogP contribution is -2.14. The Hall–Kier alpha value is -0.880. The standard InChI is InChI=1S/C14H27N3O2S/c1-4-5-6-7-8-9-10-11-17-13(3)14(12(2)16-17)20(15,18)19/h4-11H2,1-3H3,(H2,15,18,19). The van der Waals surface area contributed by atoms with Gasteiger partial charge in [0.2, 0.25) is 10.0 Å². The minimum absolute atomic E-state index is 0.181. The minimum Gasteiger partial charge on any atom is -0.268 e. The van der Waals surface area contributed by atoms with Crippen LogP contribution in [0.4, 0.5) is 0 Å². The second-order valence-corrected chi connectivity index (χ2v) is 6.89. The SMILES string of the molecule is CCCCCCCCCn1nc(C)c(S(N)(=O)=O)c1C. The number of rotatable bonds is 9. The summed E-state index contributed by atoms with van der Waals surface area (Å²) in [6.07, 6.45) is 8.60. The molecule has 0 spiro atoms. The third kappa shape index (κ3) is 4.90. The Morgan fingerprint density at radius 2 is 1.60 bits per heavy atom. The molecule has 0 unspecified atom stereocenters. The number of nitrogens with zero attached hydrogens (tertiary/aromatic N) is 2. The highest BCUT2D eigenvalue weighted by Crippen LogP contribution is 2.18. The van der Waals surface area contributed by atoms with Crippen LogP contribution in [0.15, 0.2) is 4.90 Å². The normalized spacial score (nSPS) is 12.0. The number of nitrogens with two attached hydrogens (primary N) is 1. The number of aryl methyl sites for hydroxylation is 2. The topological polar surface area (TPSA) is 78.0 Å². The molecular formula is C14H27N3O2S. The molecule has 1 aromatic heterocycles. The third-order valence-corrected chi connectivity index (χ3v) is 4.73. The van der Waals surface area contributed by atoms with Crippen LogP contribution >= 0.6 is 0 Å². The Balaban J connectivity index is 2.46. The first-order valence-corrected chi connectivity index (χ1v) is 8.99. The molecule has 0 saturated carbocycles. The average molecular weight is 301 g/mol. The maximum Gasteiger partial charge on any atom is 0.241 e. The summed E-state index contributed by atoms with van der Waals surface area (Å²) in [5, 5.41) is 9.49. The van der Waals surface area contributed by atoms with Gasteiger partial charge in [0.1, 0.15) is 4.90 Å². The fraction of sp³-hybridized carbons (Fsp3) is 0.786. The molecule has 0 atom stereocenters. The molecule has 0 aliphatic carbocycles. The average Bonchev–Trinajstić information content (AvgIpc) is 2.62. The van der Waals surface area contributed by atoms with Gasteiger partial charge in [-0.25, -0.2) is 13.6 Å². The first-order chi connectivity index (χ1) is 9.38. The van der Waals surface area contributed by atoms with Gasteiger partial charge in [0.25, 0.3) is 0 Å². The predicted octanol–water partition coefficient (Wildman–Crippen LogP) is 2.90. The second kappa shape index (κ2) is 7.78. The predicted molar refractivity (Wildman–Crippen MR) is 81.1 cm³/mol. The molecule has 1 heterocycles. The number of hydrogen-bond donors (Lipinski definition) is 1. The molecule has 5 nitrogen and oxygen atoms in total. The van der Waals surface area contributed by atoms with Gasteiger partial charge < -0.3 is 0 Å². The zero-order chi connectivity index (χ0) is 15.2. The smallest absolute Gasteiger partial charge is 0.241 e. The van der Waals surface area contributed by atoms with Gasteiger partial charge in [-0.3, -0.25) is 4.68 Å². The molecule has 0 radical (unpaired) electrons. The summed E-state index contributed by atoms with van der Waals surface area (Å²) in [4.78, 5) is 0.181. The highest BCUT2D eigenvalue weighted by Gasteiger charge is 2.20. The van der Waals surface area contributed by atoms with Crippen molar-refractivity contribution in [1.82, 2.24) is 9.78 Å². The van der Waals surface area contributed by atoms with Gasteiger partial charge in [-0.2, -0.15) is 5.10 Å². The van der Waals surface area contributed by atoms with Crippen LogP contribution in [-0.4, -0.2) is 18.2 Å².